The van der Waals surface area contributed by atoms with Crippen molar-refractivity contribution in [1.82, 2.24) is 5.32 Å². The summed E-state index contributed by atoms with van der Waals surface area (Å²) in [6, 6.07) is 14.9. The summed E-state index contributed by atoms with van der Waals surface area (Å²) in [6.07, 6.45) is 6.17. The molecule has 1 aliphatic rings. The largest absolute Gasteiger partial charge is 0.382 e. The van der Waals surface area contributed by atoms with Crippen LogP contribution in [0.3, 0.4) is 0 Å². The first-order valence-corrected chi connectivity index (χ1v) is 9.50. The first-order valence-electron chi connectivity index (χ1n) is 9.50. The number of nitro groups is 1. The van der Waals surface area contributed by atoms with Crippen molar-refractivity contribution < 1.29 is 9.72 Å². The lowest BCUT2D eigenvalue weighted by atomic mass is 10.1. The minimum Gasteiger partial charge on any atom is -0.382 e. The highest BCUT2D eigenvalue weighted by Gasteiger charge is 2.20. The number of nitrogens with zero attached hydrogens (tertiary/aromatic N) is 1. The molecule has 2 aromatic carbocycles. The second-order valence-electron chi connectivity index (χ2n) is 6.96. The predicted molar refractivity (Wildman–Crippen MR) is 106 cm³/mol. The number of nitrogens with one attached hydrogen (secondary N) is 2. The highest BCUT2D eigenvalue weighted by atomic mass is 16.6. The Balaban J connectivity index is 1.63. The Morgan fingerprint density at radius 1 is 1.11 bits per heavy atom. The van der Waals surface area contributed by atoms with E-state index in [0.29, 0.717) is 23.8 Å². The summed E-state index contributed by atoms with van der Waals surface area (Å²) in [5, 5.41) is 17.4. The van der Waals surface area contributed by atoms with Gasteiger partial charge in [0.15, 0.2) is 0 Å². The third-order valence-electron chi connectivity index (χ3n) is 4.94. The van der Waals surface area contributed by atoms with Gasteiger partial charge in [-0.25, -0.2) is 0 Å². The molecule has 27 heavy (non-hydrogen) atoms. The summed E-state index contributed by atoms with van der Waals surface area (Å²) in [5.74, 6) is -0.271. The molecule has 0 aliphatic heterocycles. The van der Waals surface area contributed by atoms with Crippen molar-refractivity contribution in [2.24, 2.45) is 0 Å². The molecule has 1 fully saturated rings. The molecule has 142 valence electrons. The molecule has 1 amide bonds. The van der Waals surface area contributed by atoms with E-state index in [-0.39, 0.29) is 11.6 Å². The summed E-state index contributed by atoms with van der Waals surface area (Å²) < 4.78 is 0. The molecule has 0 saturated heterocycles. The van der Waals surface area contributed by atoms with Crippen LogP contribution in [0.4, 0.5) is 11.4 Å². The van der Waals surface area contributed by atoms with Gasteiger partial charge in [-0.15, -0.1) is 0 Å². The molecule has 0 bridgehead atoms. The second-order valence-corrected chi connectivity index (χ2v) is 6.96. The van der Waals surface area contributed by atoms with Crippen molar-refractivity contribution in [3.63, 3.8) is 0 Å². The van der Waals surface area contributed by atoms with E-state index in [1.807, 2.05) is 18.2 Å². The number of carbonyl (C=O) groups is 1. The minimum atomic E-state index is -0.467. The maximum Gasteiger partial charge on any atom is 0.270 e. The third-order valence-corrected chi connectivity index (χ3v) is 4.94. The Morgan fingerprint density at radius 2 is 1.85 bits per heavy atom. The van der Waals surface area contributed by atoms with E-state index in [4.69, 9.17) is 0 Å². The SMILES string of the molecule is O=C(NCCCc1ccccc1)c1cc([N+](=O)[O-])ccc1NC1CCCC1. The van der Waals surface area contributed by atoms with Crippen LogP contribution in [0.1, 0.15) is 48.0 Å². The molecule has 1 saturated carbocycles. The lowest BCUT2D eigenvalue weighted by Crippen LogP contribution is -2.27. The fourth-order valence-electron chi connectivity index (χ4n) is 3.48. The number of rotatable bonds is 8. The average Bonchev–Trinajstić information content (AvgIpc) is 3.19. The molecule has 2 N–H and O–H groups in total. The summed E-state index contributed by atoms with van der Waals surface area (Å²) in [7, 11) is 0. The first-order chi connectivity index (χ1) is 13.1. The smallest absolute Gasteiger partial charge is 0.270 e. The monoisotopic (exact) mass is 367 g/mol. The molecule has 2 aromatic rings. The number of anilines is 1. The van der Waals surface area contributed by atoms with Crippen molar-refractivity contribution in [2.45, 2.75) is 44.6 Å². The molecule has 6 heteroatoms. The van der Waals surface area contributed by atoms with Gasteiger partial charge in [0.2, 0.25) is 0 Å². The van der Waals surface area contributed by atoms with Gasteiger partial charge in [-0.05, 0) is 37.3 Å². The lowest BCUT2D eigenvalue weighted by molar-refractivity contribution is -0.384. The number of hydrogen-bond acceptors (Lipinski definition) is 4. The van der Waals surface area contributed by atoms with Crippen molar-refractivity contribution in [2.75, 3.05) is 11.9 Å². The Hall–Kier alpha value is -2.89. The second kappa shape index (κ2) is 9.16. The molecule has 0 spiro atoms. The fourth-order valence-corrected chi connectivity index (χ4v) is 3.48. The Kier molecular flexibility index (Phi) is 6.41. The zero-order chi connectivity index (χ0) is 19.1. The van der Waals surface area contributed by atoms with E-state index in [1.54, 1.807) is 6.07 Å². The Labute approximate surface area is 159 Å². The van der Waals surface area contributed by atoms with Crippen molar-refractivity contribution in [3.8, 4) is 0 Å². The molecule has 0 aromatic heterocycles. The fraction of sp³-hybridized carbons (Fsp3) is 0.381. The summed E-state index contributed by atoms with van der Waals surface area (Å²) in [6.45, 7) is 0.527. The van der Waals surface area contributed by atoms with E-state index >= 15 is 0 Å². The Morgan fingerprint density at radius 3 is 2.56 bits per heavy atom. The van der Waals surface area contributed by atoms with Crippen molar-refractivity contribution >= 4 is 17.3 Å². The molecule has 1 aliphatic carbocycles. The topological polar surface area (TPSA) is 84.3 Å². The Bertz CT molecular complexity index is 787. The number of hydrogen-bond donors (Lipinski definition) is 2. The molecule has 0 unspecified atom stereocenters. The third kappa shape index (κ3) is 5.29. The predicted octanol–water partition coefficient (Wildman–Crippen LogP) is 4.31. The van der Waals surface area contributed by atoms with Crippen LogP contribution in [0.5, 0.6) is 0 Å². The quantitative estimate of drug-likeness (QED) is 0.414. The summed E-state index contributed by atoms with van der Waals surface area (Å²) in [5.41, 5.74) is 2.18. The molecule has 0 radical (unpaired) electrons. The van der Waals surface area contributed by atoms with Crippen LogP contribution in [0.25, 0.3) is 0 Å². The van der Waals surface area contributed by atoms with Crippen LogP contribution in [-0.2, 0) is 6.42 Å². The van der Waals surface area contributed by atoms with E-state index in [2.05, 4.69) is 22.8 Å². The van der Waals surface area contributed by atoms with Gasteiger partial charge in [0, 0.05) is 30.4 Å². The zero-order valence-electron chi connectivity index (χ0n) is 15.3. The standard InChI is InChI=1S/C21H25N3O3/c25-21(22-14-6-9-16-7-2-1-3-8-16)19-15-18(24(26)27)12-13-20(19)23-17-10-4-5-11-17/h1-3,7-8,12-13,15,17,23H,4-6,9-11,14H2,(H,22,25). The van der Waals surface area contributed by atoms with Crippen molar-refractivity contribution in [1.29, 1.82) is 0 Å². The molecule has 0 atom stereocenters. The molecular formula is C21H25N3O3. The number of carbonyl (C=O) groups excluding carboxylic acids is 1. The van der Waals surface area contributed by atoms with Gasteiger partial charge < -0.3 is 10.6 Å². The minimum absolute atomic E-state index is 0.0681. The molecule has 0 heterocycles. The summed E-state index contributed by atoms with van der Waals surface area (Å²) >= 11 is 0. The highest BCUT2D eigenvalue weighted by Crippen LogP contribution is 2.27. The van der Waals surface area contributed by atoms with E-state index in [0.717, 1.165) is 25.7 Å². The van der Waals surface area contributed by atoms with Crippen LogP contribution < -0.4 is 10.6 Å². The van der Waals surface area contributed by atoms with Crippen LogP contribution in [-0.4, -0.2) is 23.4 Å². The maximum atomic E-state index is 12.7. The van der Waals surface area contributed by atoms with Crippen LogP contribution in [0.15, 0.2) is 48.5 Å². The molecule has 3 rings (SSSR count). The number of benzene rings is 2. The van der Waals surface area contributed by atoms with Gasteiger partial charge in [-0.2, -0.15) is 0 Å². The molecular weight excluding hydrogens is 342 g/mol. The number of aryl methyl sites for hydroxylation is 1. The number of nitro benzene ring substituents is 1. The lowest BCUT2D eigenvalue weighted by Gasteiger charge is -2.17. The van der Waals surface area contributed by atoms with E-state index in [1.165, 1.54) is 30.5 Å². The van der Waals surface area contributed by atoms with Crippen molar-refractivity contribution in [3.05, 3.63) is 69.8 Å². The van der Waals surface area contributed by atoms with Crippen LogP contribution in [0, 0.1) is 10.1 Å². The van der Waals surface area contributed by atoms with Crippen LogP contribution >= 0.6 is 0 Å². The van der Waals surface area contributed by atoms with E-state index < -0.39 is 4.92 Å². The van der Waals surface area contributed by atoms with Gasteiger partial charge in [0.05, 0.1) is 10.5 Å². The average molecular weight is 367 g/mol. The summed E-state index contributed by atoms with van der Waals surface area (Å²) in [4.78, 5) is 23.3. The van der Waals surface area contributed by atoms with E-state index in [9.17, 15) is 14.9 Å². The highest BCUT2D eigenvalue weighted by molar-refractivity contribution is 6.00. The molecule has 6 nitrogen and oxygen atoms in total. The maximum absolute atomic E-state index is 12.7. The van der Waals surface area contributed by atoms with Gasteiger partial charge in [0.25, 0.3) is 11.6 Å². The first kappa shape index (κ1) is 18.9. The zero-order valence-corrected chi connectivity index (χ0v) is 15.3. The van der Waals surface area contributed by atoms with Gasteiger partial charge in [-0.1, -0.05) is 43.2 Å². The van der Waals surface area contributed by atoms with Gasteiger partial charge >= 0.3 is 0 Å². The van der Waals surface area contributed by atoms with Gasteiger partial charge in [0.1, 0.15) is 0 Å². The van der Waals surface area contributed by atoms with Gasteiger partial charge in [-0.3, -0.25) is 14.9 Å². The number of amides is 1. The van der Waals surface area contributed by atoms with Crippen LogP contribution in [0.2, 0.25) is 0 Å². The number of non-ortho nitro benzene ring substituents is 1. The normalized spacial score (nSPS) is 14.1.